The maximum absolute atomic E-state index is 8.55. The zero-order valence-corrected chi connectivity index (χ0v) is 12.0. The average molecular weight is 324 g/mol. The number of thiophene rings is 1. The maximum atomic E-state index is 8.55. The Kier molecular flexibility index (Phi) is 4.12. The molecule has 2 rings (SSSR count). The summed E-state index contributed by atoms with van der Waals surface area (Å²) < 4.78 is 1.11. The Labute approximate surface area is 117 Å². The molecule has 0 saturated heterocycles. The zero-order valence-electron chi connectivity index (χ0n) is 9.59. The monoisotopic (exact) mass is 323 g/mol. The average Bonchev–Trinajstić information content (AvgIpc) is 2.75. The van der Waals surface area contributed by atoms with E-state index in [1.165, 1.54) is 11.2 Å². The van der Waals surface area contributed by atoms with Gasteiger partial charge in [-0.25, -0.2) is 9.97 Å². The summed E-state index contributed by atoms with van der Waals surface area (Å²) in [6.07, 6.45) is 3.28. The molecule has 1 N–H and O–H groups in total. The molecule has 0 atom stereocenters. The molecular formula is C11H10BrN5S. The molecular weight excluding hydrogens is 314 g/mol. The first-order valence-corrected chi connectivity index (χ1v) is 6.72. The molecule has 0 aliphatic rings. The number of nitrogens with zero attached hydrogens (tertiary/aromatic N) is 4. The van der Waals surface area contributed by atoms with Crippen LogP contribution < -0.4 is 10.2 Å². The fraction of sp³-hybridized carbons (Fsp3) is 0.182. The fourth-order valence-electron chi connectivity index (χ4n) is 1.43. The maximum Gasteiger partial charge on any atom is 0.182 e. The highest BCUT2D eigenvalue weighted by Gasteiger charge is 2.06. The van der Waals surface area contributed by atoms with Gasteiger partial charge < -0.3 is 4.90 Å². The molecule has 0 aliphatic carbocycles. The molecule has 2 heterocycles. The molecule has 0 saturated carbocycles. The summed E-state index contributed by atoms with van der Waals surface area (Å²) in [7, 11) is 1.95. The van der Waals surface area contributed by atoms with E-state index in [1.54, 1.807) is 17.4 Å². The molecule has 0 spiro atoms. The van der Waals surface area contributed by atoms with Crippen LogP contribution >= 0.6 is 27.3 Å². The largest absolute Gasteiger partial charge is 0.354 e. The number of rotatable bonds is 4. The normalized spacial score (nSPS) is 9.83. The van der Waals surface area contributed by atoms with E-state index >= 15 is 0 Å². The third kappa shape index (κ3) is 3.18. The van der Waals surface area contributed by atoms with Crippen molar-refractivity contribution in [1.82, 2.24) is 9.97 Å². The number of anilines is 2. The molecule has 2 aromatic heterocycles. The number of hydrogen-bond donors (Lipinski definition) is 1. The third-order valence-corrected chi connectivity index (χ3v) is 3.86. The van der Waals surface area contributed by atoms with Gasteiger partial charge in [0, 0.05) is 18.0 Å². The number of nitrogens with one attached hydrogen (secondary N) is 1. The Hall–Kier alpha value is -1.65. The lowest BCUT2D eigenvalue weighted by Crippen LogP contribution is -2.17. The molecule has 92 valence electrons. The molecule has 0 fully saturated rings. The number of aromatic nitrogens is 2. The van der Waals surface area contributed by atoms with Gasteiger partial charge in [-0.1, -0.05) is 0 Å². The second-order valence-corrected chi connectivity index (χ2v) is 6.11. The molecule has 0 aromatic carbocycles. The Balaban J connectivity index is 2.11. The zero-order chi connectivity index (χ0) is 13.0. The van der Waals surface area contributed by atoms with Crippen molar-refractivity contribution in [2.24, 2.45) is 0 Å². The standard InChI is InChI=1S/C11H10BrN5S/c1-17(5-8-2-3-9(12)18-8)11-4-10(14-6-13)15-7-16-11/h2-4,7H,5H2,1H3,(H,14,15,16). The lowest BCUT2D eigenvalue weighted by molar-refractivity contribution is 0.905. The molecule has 18 heavy (non-hydrogen) atoms. The summed E-state index contributed by atoms with van der Waals surface area (Å²) >= 11 is 5.13. The van der Waals surface area contributed by atoms with Crippen LogP contribution in [-0.2, 0) is 6.54 Å². The van der Waals surface area contributed by atoms with Crippen molar-refractivity contribution in [3.05, 3.63) is 33.2 Å². The van der Waals surface area contributed by atoms with Gasteiger partial charge in [-0.15, -0.1) is 11.3 Å². The van der Waals surface area contributed by atoms with Crippen molar-refractivity contribution in [3.8, 4) is 6.19 Å². The van der Waals surface area contributed by atoms with Crippen LogP contribution in [0.3, 0.4) is 0 Å². The smallest absolute Gasteiger partial charge is 0.182 e. The Bertz CT molecular complexity index is 577. The SMILES string of the molecule is CN(Cc1ccc(Br)s1)c1cc(NC#N)ncn1. The highest BCUT2D eigenvalue weighted by molar-refractivity contribution is 9.11. The van der Waals surface area contributed by atoms with Gasteiger partial charge in [0.05, 0.1) is 10.3 Å². The van der Waals surface area contributed by atoms with Crippen molar-refractivity contribution in [1.29, 1.82) is 5.26 Å². The highest BCUT2D eigenvalue weighted by Crippen LogP contribution is 2.24. The van der Waals surface area contributed by atoms with Crippen LogP contribution in [0.25, 0.3) is 0 Å². The first kappa shape index (κ1) is 12.8. The van der Waals surface area contributed by atoms with E-state index in [2.05, 4.69) is 37.3 Å². The van der Waals surface area contributed by atoms with Gasteiger partial charge in [-0.2, -0.15) is 5.26 Å². The molecule has 7 heteroatoms. The quantitative estimate of drug-likeness (QED) is 0.692. The second-order valence-electron chi connectivity index (χ2n) is 3.56. The summed E-state index contributed by atoms with van der Waals surface area (Å²) in [4.78, 5) is 11.4. The summed E-state index contributed by atoms with van der Waals surface area (Å²) in [5.74, 6) is 1.27. The third-order valence-electron chi connectivity index (χ3n) is 2.25. The Morgan fingerprint density at radius 1 is 1.50 bits per heavy atom. The van der Waals surface area contributed by atoms with E-state index in [1.807, 2.05) is 24.2 Å². The minimum atomic E-state index is 0.502. The minimum Gasteiger partial charge on any atom is -0.354 e. The summed E-state index contributed by atoms with van der Waals surface area (Å²) in [5.41, 5.74) is 0. The Morgan fingerprint density at radius 3 is 3.00 bits per heavy atom. The van der Waals surface area contributed by atoms with Crippen molar-refractivity contribution in [2.75, 3.05) is 17.3 Å². The minimum absolute atomic E-state index is 0.502. The lowest BCUT2D eigenvalue weighted by atomic mass is 10.4. The van der Waals surface area contributed by atoms with Crippen LogP contribution in [0.1, 0.15) is 4.88 Å². The molecule has 0 aliphatic heterocycles. The first-order chi connectivity index (χ1) is 8.69. The van der Waals surface area contributed by atoms with Gasteiger partial charge in [-0.3, -0.25) is 5.32 Å². The van der Waals surface area contributed by atoms with E-state index in [4.69, 9.17) is 5.26 Å². The van der Waals surface area contributed by atoms with Crippen LogP contribution in [-0.4, -0.2) is 17.0 Å². The van der Waals surface area contributed by atoms with Crippen molar-refractivity contribution < 1.29 is 0 Å². The molecule has 0 unspecified atom stereocenters. The van der Waals surface area contributed by atoms with Crippen molar-refractivity contribution in [2.45, 2.75) is 6.54 Å². The second kappa shape index (κ2) is 5.80. The summed E-state index contributed by atoms with van der Waals surface area (Å²) in [6.45, 7) is 0.763. The summed E-state index contributed by atoms with van der Waals surface area (Å²) in [6, 6.07) is 5.84. The fourth-order valence-corrected chi connectivity index (χ4v) is 2.97. The van der Waals surface area contributed by atoms with E-state index in [-0.39, 0.29) is 0 Å². The van der Waals surface area contributed by atoms with Crippen LogP contribution in [0, 0.1) is 11.5 Å². The van der Waals surface area contributed by atoms with E-state index < -0.39 is 0 Å². The van der Waals surface area contributed by atoms with Crippen LogP contribution in [0.4, 0.5) is 11.6 Å². The van der Waals surface area contributed by atoms with Gasteiger partial charge in [0.15, 0.2) is 6.19 Å². The number of hydrogen-bond acceptors (Lipinski definition) is 6. The van der Waals surface area contributed by atoms with Crippen molar-refractivity contribution >= 4 is 38.9 Å². The van der Waals surface area contributed by atoms with Crippen LogP contribution in [0.15, 0.2) is 28.3 Å². The van der Waals surface area contributed by atoms with Gasteiger partial charge in [-0.05, 0) is 28.1 Å². The van der Waals surface area contributed by atoms with Crippen molar-refractivity contribution in [3.63, 3.8) is 0 Å². The summed E-state index contributed by atoms with van der Waals surface area (Å²) in [5, 5.41) is 11.0. The molecule has 0 amide bonds. The number of nitriles is 1. The van der Waals surface area contributed by atoms with E-state index in [0.29, 0.717) is 5.82 Å². The van der Waals surface area contributed by atoms with Crippen LogP contribution in [0.5, 0.6) is 0 Å². The van der Waals surface area contributed by atoms with Gasteiger partial charge in [0.25, 0.3) is 0 Å². The predicted octanol–water partition coefficient (Wildman–Crippen LogP) is 2.83. The Morgan fingerprint density at radius 2 is 2.33 bits per heavy atom. The van der Waals surface area contributed by atoms with Crippen LogP contribution in [0.2, 0.25) is 0 Å². The molecule has 5 nitrogen and oxygen atoms in total. The van der Waals surface area contributed by atoms with Gasteiger partial charge >= 0.3 is 0 Å². The highest BCUT2D eigenvalue weighted by atomic mass is 79.9. The number of halogens is 1. The molecule has 2 aromatic rings. The molecule has 0 radical (unpaired) electrons. The predicted molar refractivity (Wildman–Crippen MR) is 75.4 cm³/mol. The topological polar surface area (TPSA) is 64.8 Å². The van der Waals surface area contributed by atoms with E-state index in [0.717, 1.165) is 16.1 Å². The van der Waals surface area contributed by atoms with Gasteiger partial charge in [0.2, 0.25) is 0 Å². The lowest BCUT2D eigenvalue weighted by Gasteiger charge is -2.17. The molecule has 0 bridgehead atoms. The van der Waals surface area contributed by atoms with Gasteiger partial charge in [0.1, 0.15) is 18.0 Å². The first-order valence-electron chi connectivity index (χ1n) is 5.11. The van der Waals surface area contributed by atoms with E-state index in [9.17, 15) is 0 Å².